The Kier molecular flexibility index (Phi) is 7.09. The summed E-state index contributed by atoms with van der Waals surface area (Å²) in [4.78, 5) is 0. The Morgan fingerprint density at radius 2 is 2.06 bits per heavy atom. The normalized spacial score (nSPS) is 27.5. The van der Waals surface area contributed by atoms with E-state index in [0.717, 1.165) is 18.4 Å². The lowest BCUT2D eigenvalue weighted by Gasteiger charge is -2.37. The molecule has 1 aliphatic carbocycles. The predicted molar refractivity (Wildman–Crippen MR) is 72.6 cm³/mol. The van der Waals surface area contributed by atoms with Crippen LogP contribution < -0.4 is 11.3 Å². The quantitative estimate of drug-likeness (QED) is 0.483. The number of nitrogens with two attached hydrogens (primary N) is 1. The van der Waals surface area contributed by atoms with E-state index in [4.69, 9.17) is 10.6 Å². The maximum atomic E-state index is 5.66. The Balaban J connectivity index is 2.15. The summed E-state index contributed by atoms with van der Waals surface area (Å²) in [6.45, 7) is 7.51. The topological polar surface area (TPSA) is 47.3 Å². The molecule has 1 saturated carbocycles. The zero-order valence-electron chi connectivity index (χ0n) is 11.7. The van der Waals surface area contributed by atoms with E-state index >= 15 is 0 Å². The van der Waals surface area contributed by atoms with Gasteiger partial charge in [-0.15, -0.1) is 0 Å². The molecule has 1 rings (SSSR count). The summed E-state index contributed by atoms with van der Waals surface area (Å²) in [7, 11) is 0. The lowest BCUT2D eigenvalue weighted by atomic mass is 9.77. The molecular formula is C14H30N2O. The molecule has 0 aromatic rings. The minimum Gasteiger partial charge on any atom is -0.378 e. The highest BCUT2D eigenvalue weighted by atomic mass is 16.5. The summed E-state index contributed by atoms with van der Waals surface area (Å²) < 4.78 is 5.59. The molecular weight excluding hydrogens is 212 g/mol. The largest absolute Gasteiger partial charge is 0.378 e. The predicted octanol–water partition coefficient (Wildman–Crippen LogP) is 2.85. The molecule has 0 aromatic heterocycles. The van der Waals surface area contributed by atoms with Gasteiger partial charge in [-0.25, -0.2) is 0 Å². The van der Waals surface area contributed by atoms with Crippen molar-refractivity contribution in [1.29, 1.82) is 0 Å². The van der Waals surface area contributed by atoms with Crippen molar-refractivity contribution < 1.29 is 4.74 Å². The fraction of sp³-hybridized carbons (Fsp3) is 1.00. The van der Waals surface area contributed by atoms with Gasteiger partial charge in [-0.1, -0.05) is 26.7 Å². The fourth-order valence-electron chi connectivity index (χ4n) is 2.97. The van der Waals surface area contributed by atoms with Crippen molar-refractivity contribution in [3.63, 3.8) is 0 Å². The summed E-state index contributed by atoms with van der Waals surface area (Å²) in [6.07, 6.45) is 7.99. The maximum absolute atomic E-state index is 5.66. The third kappa shape index (κ3) is 5.36. The molecule has 0 aliphatic heterocycles. The van der Waals surface area contributed by atoms with E-state index in [0.29, 0.717) is 12.1 Å². The van der Waals surface area contributed by atoms with Crippen LogP contribution in [-0.4, -0.2) is 18.8 Å². The van der Waals surface area contributed by atoms with E-state index in [1.807, 2.05) is 0 Å². The summed E-state index contributed by atoms with van der Waals surface area (Å²) >= 11 is 0. The second kappa shape index (κ2) is 8.06. The van der Waals surface area contributed by atoms with Crippen LogP contribution in [0.4, 0.5) is 0 Å². The van der Waals surface area contributed by atoms with Crippen LogP contribution in [0.3, 0.4) is 0 Å². The van der Waals surface area contributed by atoms with Crippen molar-refractivity contribution in [2.45, 2.75) is 71.4 Å². The molecule has 17 heavy (non-hydrogen) atoms. The molecule has 102 valence electrons. The molecule has 0 saturated heterocycles. The molecule has 0 spiro atoms. The third-order valence-electron chi connectivity index (χ3n) is 3.92. The van der Waals surface area contributed by atoms with Crippen molar-refractivity contribution in [3.8, 4) is 0 Å². The van der Waals surface area contributed by atoms with Gasteiger partial charge in [0.1, 0.15) is 0 Å². The van der Waals surface area contributed by atoms with E-state index in [1.54, 1.807) is 0 Å². The number of ether oxygens (including phenoxy) is 1. The van der Waals surface area contributed by atoms with Crippen LogP contribution in [-0.2, 0) is 4.74 Å². The Morgan fingerprint density at radius 1 is 1.35 bits per heavy atom. The minimum absolute atomic E-state index is 0.490. The Labute approximate surface area is 106 Å². The van der Waals surface area contributed by atoms with Gasteiger partial charge in [0.25, 0.3) is 0 Å². The summed E-state index contributed by atoms with van der Waals surface area (Å²) in [6, 6.07) is 0.490. The molecule has 3 N–H and O–H groups in total. The molecule has 2 unspecified atom stereocenters. The van der Waals surface area contributed by atoms with E-state index in [1.165, 1.54) is 38.5 Å². The van der Waals surface area contributed by atoms with Gasteiger partial charge in [0, 0.05) is 12.6 Å². The molecule has 0 bridgehead atoms. The molecule has 2 atom stereocenters. The van der Waals surface area contributed by atoms with Gasteiger partial charge in [-0.2, -0.15) is 0 Å². The van der Waals surface area contributed by atoms with Gasteiger partial charge in [0.15, 0.2) is 0 Å². The lowest BCUT2D eigenvalue weighted by molar-refractivity contribution is -0.0296. The van der Waals surface area contributed by atoms with Gasteiger partial charge >= 0.3 is 0 Å². The standard InChI is InChI=1S/C14H30N2O/c1-4-6-11(3)7-13(16-15)8-12-9-14(10-12)17-5-2/h11-14,16H,4-10,15H2,1-3H3. The molecule has 1 aliphatic rings. The van der Waals surface area contributed by atoms with E-state index < -0.39 is 0 Å². The molecule has 0 heterocycles. The fourth-order valence-corrected chi connectivity index (χ4v) is 2.97. The van der Waals surface area contributed by atoms with Gasteiger partial charge in [0.05, 0.1) is 6.10 Å². The van der Waals surface area contributed by atoms with Crippen molar-refractivity contribution in [3.05, 3.63) is 0 Å². The summed E-state index contributed by atoms with van der Waals surface area (Å²) in [5.74, 6) is 7.26. The first kappa shape index (κ1) is 14.9. The van der Waals surface area contributed by atoms with E-state index in [9.17, 15) is 0 Å². The van der Waals surface area contributed by atoms with Crippen LogP contribution in [0.15, 0.2) is 0 Å². The van der Waals surface area contributed by atoms with Crippen LogP contribution in [0.5, 0.6) is 0 Å². The van der Waals surface area contributed by atoms with Crippen LogP contribution in [0.25, 0.3) is 0 Å². The monoisotopic (exact) mass is 242 g/mol. The highest BCUT2D eigenvalue weighted by molar-refractivity contribution is 4.84. The number of nitrogens with one attached hydrogen (secondary N) is 1. The first-order valence-corrected chi connectivity index (χ1v) is 7.27. The van der Waals surface area contributed by atoms with Crippen LogP contribution in [0, 0.1) is 11.8 Å². The molecule has 0 amide bonds. The average Bonchev–Trinajstić information content (AvgIpc) is 2.25. The Hall–Kier alpha value is -0.120. The number of hydrazine groups is 1. The zero-order chi connectivity index (χ0) is 12.7. The molecule has 3 heteroatoms. The summed E-state index contributed by atoms with van der Waals surface area (Å²) in [5.41, 5.74) is 3.00. The van der Waals surface area contributed by atoms with Crippen molar-refractivity contribution in [2.75, 3.05) is 6.61 Å². The van der Waals surface area contributed by atoms with Gasteiger partial charge in [-0.3, -0.25) is 11.3 Å². The number of hydrogen-bond donors (Lipinski definition) is 2. The second-order valence-electron chi connectivity index (χ2n) is 5.64. The Morgan fingerprint density at radius 3 is 2.59 bits per heavy atom. The number of rotatable bonds is 9. The smallest absolute Gasteiger partial charge is 0.0580 e. The second-order valence-corrected chi connectivity index (χ2v) is 5.64. The molecule has 1 fully saturated rings. The molecule has 0 radical (unpaired) electrons. The first-order valence-electron chi connectivity index (χ1n) is 7.27. The van der Waals surface area contributed by atoms with Crippen molar-refractivity contribution in [2.24, 2.45) is 17.7 Å². The maximum Gasteiger partial charge on any atom is 0.0580 e. The minimum atomic E-state index is 0.490. The lowest BCUT2D eigenvalue weighted by Crippen LogP contribution is -2.41. The van der Waals surface area contributed by atoms with Crippen LogP contribution in [0.2, 0.25) is 0 Å². The van der Waals surface area contributed by atoms with Crippen LogP contribution in [0.1, 0.15) is 59.3 Å². The van der Waals surface area contributed by atoms with Gasteiger partial charge in [-0.05, 0) is 44.4 Å². The van der Waals surface area contributed by atoms with Crippen molar-refractivity contribution in [1.82, 2.24) is 5.43 Å². The van der Waals surface area contributed by atoms with Crippen molar-refractivity contribution >= 4 is 0 Å². The summed E-state index contributed by atoms with van der Waals surface area (Å²) in [5, 5.41) is 0. The Bertz CT molecular complexity index is 193. The molecule has 3 nitrogen and oxygen atoms in total. The third-order valence-corrected chi connectivity index (χ3v) is 3.92. The van der Waals surface area contributed by atoms with E-state index in [-0.39, 0.29) is 0 Å². The van der Waals surface area contributed by atoms with Gasteiger partial charge in [0.2, 0.25) is 0 Å². The average molecular weight is 242 g/mol. The zero-order valence-corrected chi connectivity index (χ0v) is 11.7. The molecule has 0 aromatic carbocycles. The SMILES string of the molecule is CCCC(C)CC(CC1CC(OCC)C1)NN. The first-order chi connectivity index (χ1) is 8.19. The van der Waals surface area contributed by atoms with Gasteiger partial charge < -0.3 is 4.74 Å². The number of hydrogen-bond acceptors (Lipinski definition) is 3. The van der Waals surface area contributed by atoms with Crippen LogP contribution >= 0.6 is 0 Å². The van der Waals surface area contributed by atoms with E-state index in [2.05, 4.69) is 26.2 Å². The highest BCUT2D eigenvalue weighted by Crippen LogP contribution is 2.34. The highest BCUT2D eigenvalue weighted by Gasteiger charge is 2.31.